The summed E-state index contributed by atoms with van der Waals surface area (Å²) in [5, 5.41) is 10.7. The summed E-state index contributed by atoms with van der Waals surface area (Å²) in [5.41, 5.74) is 1.16. The number of nitrogens with two attached hydrogens (primary N) is 1. The first-order valence-corrected chi connectivity index (χ1v) is 8.94. The van der Waals surface area contributed by atoms with Gasteiger partial charge in [-0.3, -0.25) is 4.79 Å². The van der Waals surface area contributed by atoms with Crippen molar-refractivity contribution in [1.82, 2.24) is 14.9 Å². The molecule has 0 spiro atoms. The number of hydrogen-bond donors (Lipinski definition) is 2. The van der Waals surface area contributed by atoms with Crippen LogP contribution >= 0.6 is 11.8 Å². The minimum absolute atomic E-state index is 0.208. The molecular formula is C18H18FN5O2S. The van der Waals surface area contributed by atoms with Crippen molar-refractivity contribution >= 4 is 23.4 Å². The number of halogens is 1. The number of benzene rings is 2. The molecule has 1 aromatic heterocycles. The third-order valence-electron chi connectivity index (χ3n) is 3.76. The second kappa shape index (κ2) is 8.09. The minimum atomic E-state index is -0.473. The number of amides is 1. The van der Waals surface area contributed by atoms with Crippen molar-refractivity contribution in [2.24, 2.45) is 0 Å². The van der Waals surface area contributed by atoms with Crippen LogP contribution in [0.2, 0.25) is 0 Å². The number of anilines is 1. The normalized spacial score (nSPS) is 11.8. The number of carbonyl (C=O) groups is 1. The van der Waals surface area contributed by atoms with Crippen LogP contribution in [0.15, 0.2) is 53.7 Å². The third-order valence-corrected chi connectivity index (χ3v) is 4.81. The van der Waals surface area contributed by atoms with Crippen molar-refractivity contribution in [2.75, 3.05) is 18.3 Å². The topological polar surface area (TPSA) is 95.1 Å². The Hall–Kier alpha value is -3.07. The molecule has 0 bridgehead atoms. The lowest BCUT2D eigenvalue weighted by Crippen LogP contribution is -2.23. The highest BCUT2D eigenvalue weighted by molar-refractivity contribution is 8.00. The maximum absolute atomic E-state index is 13.4. The molecule has 7 nitrogen and oxygen atoms in total. The third kappa shape index (κ3) is 4.37. The molecule has 140 valence electrons. The highest BCUT2D eigenvalue weighted by atomic mass is 32.2. The first kappa shape index (κ1) is 18.7. The van der Waals surface area contributed by atoms with Crippen molar-refractivity contribution in [3.05, 3.63) is 54.3 Å². The SMILES string of the molecule is COc1ccc(NC(=O)[C@H](C)Sc2nnc(-c3cccc(F)c3)n2N)cc1. The Kier molecular flexibility index (Phi) is 5.60. The molecule has 0 saturated heterocycles. The molecule has 0 saturated carbocycles. The van der Waals surface area contributed by atoms with Crippen molar-refractivity contribution in [3.63, 3.8) is 0 Å². The number of nitrogens with zero attached hydrogens (tertiary/aromatic N) is 3. The van der Waals surface area contributed by atoms with Gasteiger partial charge in [-0.1, -0.05) is 23.9 Å². The number of carbonyl (C=O) groups excluding carboxylic acids is 1. The number of nitrogens with one attached hydrogen (secondary N) is 1. The number of methoxy groups -OCH3 is 1. The van der Waals surface area contributed by atoms with E-state index in [0.717, 1.165) is 11.8 Å². The molecule has 0 unspecified atom stereocenters. The Morgan fingerprint density at radius 2 is 2.00 bits per heavy atom. The number of nitrogen functional groups attached to an aromatic ring is 1. The standard InChI is InChI=1S/C18H18FN5O2S/c1-11(17(25)21-14-6-8-15(26-2)9-7-14)27-18-23-22-16(24(18)20)12-4-3-5-13(19)10-12/h3-11H,20H2,1-2H3,(H,21,25)/t11-/m0/s1. The van der Waals surface area contributed by atoms with Crippen molar-refractivity contribution in [2.45, 2.75) is 17.3 Å². The maximum atomic E-state index is 13.4. The van der Waals surface area contributed by atoms with Crippen LogP contribution in [0.1, 0.15) is 6.92 Å². The van der Waals surface area contributed by atoms with E-state index in [2.05, 4.69) is 15.5 Å². The summed E-state index contributed by atoms with van der Waals surface area (Å²) in [7, 11) is 1.58. The molecule has 3 N–H and O–H groups in total. The van der Waals surface area contributed by atoms with Gasteiger partial charge in [-0.15, -0.1) is 10.2 Å². The van der Waals surface area contributed by atoms with Gasteiger partial charge in [0.15, 0.2) is 5.82 Å². The Bertz CT molecular complexity index is 945. The van der Waals surface area contributed by atoms with Crippen LogP contribution in [0, 0.1) is 5.82 Å². The van der Waals surface area contributed by atoms with Gasteiger partial charge in [0.2, 0.25) is 11.1 Å². The van der Waals surface area contributed by atoms with E-state index in [4.69, 9.17) is 10.6 Å². The predicted octanol–water partition coefficient (Wildman–Crippen LogP) is 2.93. The number of thioether (sulfide) groups is 1. The van der Waals surface area contributed by atoms with E-state index in [1.165, 1.54) is 16.8 Å². The van der Waals surface area contributed by atoms with Crippen LogP contribution in [0.5, 0.6) is 5.75 Å². The van der Waals surface area contributed by atoms with Gasteiger partial charge in [-0.05, 0) is 43.3 Å². The summed E-state index contributed by atoms with van der Waals surface area (Å²) in [4.78, 5) is 12.4. The molecule has 0 aliphatic rings. The molecule has 3 rings (SSSR count). The smallest absolute Gasteiger partial charge is 0.237 e. The molecule has 27 heavy (non-hydrogen) atoms. The zero-order chi connectivity index (χ0) is 19.4. The van der Waals surface area contributed by atoms with Gasteiger partial charge in [-0.25, -0.2) is 9.07 Å². The van der Waals surface area contributed by atoms with E-state index in [0.29, 0.717) is 28.0 Å². The molecule has 0 aliphatic carbocycles. The summed E-state index contributed by atoms with van der Waals surface area (Å²) in [6, 6.07) is 12.9. The highest BCUT2D eigenvalue weighted by Gasteiger charge is 2.20. The zero-order valence-corrected chi connectivity index (χ0v) is 15.5. The molecule has 2 aromatic carbocycles. The molecule has 1 amide bonds. The molecule has 0 radical (unpaired) electrons. The lowest BCUT2D eigenvalue weighted by atomic mass is 10.2. The zero-order valence-electron chi connectivity index (χ0n) is 14.7. The summed E-state index contributed by atoms with van der Waals surface area (Å²) < 4.78 is 19.7. The molecule has 9 heteroatoms. The summed E-state index contributed by atoms with van der Waals surface area (Å²) in [6.07, 6.45) is 0. The maximum Gasteiger partial charge on any atom is 0.237 e. The predicted molar refractivity (Wildman–Crippen MR) is 103 cm³/mol. The number of aromatic nitrogens is 3. The fourth-order valence-electron chi connectivity index (χ4n) is 2.31. The quantitative estimate of drug-likeness (QED) is 0.499. The monoisotopic (exact) mass is 387 g/mol. The van der Waals surface area contributed by atoms with E-state index in [9.17, 15) is 9.18 Å². The van der Waals surface area contributed by atoms with Crippen LogP contribution in [-0.2, 0) is 4.79 Å². The summed E-state index contributed by atoms with van der Waals surface area (Å²) >= 11 is 1.16. The Labute approximate surface area is 159 Å². The fourth-order valence-corrected chi connectivity index (χ4v) is 3.08. The molecule has 3 aromatic rings. The lowest BCUT2D eigenvalue weighted by Gasteiger charge is -2.12. The highest BCUT2D eigenvalue weighted by Crippen LogP contribution is 2.26. The Balaban J connectivity index is 1.68. The van der Waals surface area contributed by atoms with Crippen molar-refractivity contribution in [1.29, 1.82) is 0 Å². The van der Waals surface area contributed by atoms with Crippen LogP contribution < -0.4 is 15.9 Å². The Morgan fingerprint density at radius 1 is 1.26 bits per heavy atom. The van der Waals surface area contributed by atoms with Crippen LogP contribution in [0.4, 0.5) is 10.1 Å². The van der Waals surface area contributed by atoms with E-state index in [1.807, 2.05) is 0 Å². The van der Waals surface area contributed by atoms with Gasteiger partial charge in [0, 0.05) is 11.3 Å². The Morgan fingerprint density at radius 3 is 2.67 bits per heavy atom. The van der Waals surface area contributed by atoms with E-state index >= 15 is 0 Å². The van der Waals surface area contributed by atoms with E-state index in [-0.39, 0.29) is 5.91 Å². The fraction of sp³-hybridized carbons (Fsp3) is 0.167. The van der Waals surface area contributed by atoms with E-state index < -0.39 is 11.1 Å². The summed E-state index contributed by atoms with van der Waals surface area (Å²) in [6.45, 7) is 1.74. The average molecular weight is 387 g/mol. The van der Waals surface area contributed by atoms with Gasteiger partial charge in [0.05, 0.1) is 12.4 Å². The van der Waals surface area contributed by atoms with E-state index in [1.54, 1.807) is 50.4 Å². The molecule has 0 fully saturated rings. The molecular weight excluding hydrogens is 369 g/mol. The van der Waals surface area contributed by atoms with Crippen LogP contribution in [0.3, 0.4) is 0 Å². The lowest BCUT2D eigenvalue weighted by molar-refractivity contribution is -0.115. The van der Waals surface area contributed by atoms with Crippen molar-refractivity contribution in [3.8, 4) is 17.1 Å². The first-order chi connectivity index (χ1) is 13.0. The number of ether oxygens (including phenoxy) is 1. The van der Waals surface area contributed by atoms with Crippen molar-refractivity contribution < 1.29 is 13.9 Å². The minimum Gasteiger partial charge on any atom is -0.497 e. The van der Waals surface area contributed by atoms with Gasteiger partial charge < -0.3 is 15.9 Å². The van der Waals surface area contributed by atoms with Gasteiger partial charge in [-0.2, -0.15) is 0 Å². The summed E-state index contributed by atoms with van der Waals surface area (Å²) in [5.74, 6) is 6.45. The van der Waals surface area contributed by atoms with Gasteiger partial charge in [0.25, 0.3) is 0 Å². The number of rotatable bonds is 6. The van der Waals surface area contributed by atoms with Gasteiger partial charge in [0.1, 0.15) is 11.6 Å². The molecule has 1 heterocycles. The van der Waals surface area contributed by atoms with Gasteiger partial charge >= 0.3 is 0 Å². The average Bonchev–Trinajstić information content (AvgIpc) is 3.02. The largest absolute Gasteiger partial charge is 0.497 e. The molecule has 1 atom stereocenters. The van der Waals surface area contributed by atoms with Crippen LogP contribution in [-0.4, -0.2) is 33.1 Å². The first-order valence-electron chi connectivity index (χ1n) is 8.06. The van der Waals surface area contributed by atoms with Crippen LogP contribution in [0.25, 0.3) is 11.4 Å². The number of hydrogen-bond acceptors (Lipinski definition) is 6. The molecule has 0 aliphatic heterocycles. The second-order valence-electron chi connectivity index (χ2n) is 5.66. The second-order valence-corrected chi connectivity index (χ2v) is 6.97.